The third-order valence-electron chi connectivity index (χ3n) is 5.68. The van der Waals surface area contributed by atoms with E-state index in [9.17, 15) is 9.59 Å². The van der Waals surface area contributed by atoms with Crippen molar-refractivity contribution in [3.05, 3.63) is 90.1 Å². The Hall–Kier alpha value is -3.65. The third kappa shape index (κ3) is 4.28. The first-order chi connectivity index (χ1) is 16.4. The number of aromatic nitrogens is 1. The number of nitrogens with zero attached hydrogens (tertiary/aromatic N) is 2. The van der Waals surface area contributed by atoms with Crippen molar-refractivity contribution in [2.45, 2.75) is 26.8 Å². The second kappa shape index (κ2) is 9.69. The molecule has 1 aliphatic heterocycles. The lowest BCUT2D eigenvalue weighted by Crippen LogP contribution is -2.40. The zero-order chi connectivity index (χ0) is 24.4. The molecule has 0 bridgehead atoms. The smallest absolute Gasteiger partial charge is 0.338 e. The maximum atomic E-state index is 13.6. The first-order valence-corrected chi connectivity index (χ1v) is 11.7. The number of allylic oxidation sites excluding steroid dienone is 1. The summed E-state index contributed by atoms with van der Waals surface area (Å²) in [6.07, 6.45) is 1.82. The van der Waals surface area contributed by atoms with Crippen LogP contribution in [0, 0.1) is 6.92 Å². The quantitative estimate of drug-likeness (QED) is 0.509. The molecule has 8 heteroatoms. The Morgan fingerprint density at radius 2 is 1.85 bits per heavy atom. The molecular formula is C26H26N2O5S. The number of methoxy groups -OCH3 is 2. The lowest BCUT2D eigenvalue weighted by Gasteiger charge is -2.25. The minimum atomic E-state index is -0.678. The van der Waals surface area contributed by atoms with Crippen LogP contribution in [0.5, 0.6) is 11.5 Å². The van der Waals surface area contributed by atoms with Gasteiger partial charge in [0, 0.05) is 0 Å². The van der Waals surface area contributed by atoms with Crippen molar-refractivity contribution < 1.29 is 19.0 Å². The Labute approximate surface area is 201 Å². The van der Waals surface area contributed by atoms with Crippen molar-refractivity contribution in [2.75, 3.05) is 20.8 Å². The number of rotatable bonds is 6. The van der Waals surface area contributed by atoms with E-state index in [0.29, 0.717) is 26.4 Å². The number of esters is 1. The van der Waals surface area contributed by atoms with E-state index in [4.69, 9.17) is 14.2 Å². The molecule has 0 radical (unpaired) electrons. The fraction of sp³-hybridized carbons (Fsp3) is 0.269. The molecule has 0 aliphatic carbocycles. The molecule has 1 aliphatic rings. The number of carbonyl (C=O) groups is 1. The number of thiazole rings is 1. The molecule has 0 saturated heterocycles. The second-order valence-electron chi connectivity index (χ2n) is 7.80. The van der Waals surface area contributed by atoms with Gasteiger partial charge in [0.05, 0.1) is 42.7 Å². The number of carbonyl (C=O) groups excluding carboxylic acids is 1. The average molecular weight is 479 g/mol. The van der Waals surface area contributed by atoms with E-state index in [0.717, 1.165) is 22.4 Å². The Bertz CT molecular complexity index is 1450. The Morgan fingerprint density at radius 3 is 2.50 bits per heavy atom. The van der Waals surface area contributed by atoms with Gasteiger partial charge in [0.25, 0.3) is 5.56 Å². The van der Waals surface area contributed by atoms with Gasteiger partial charge >= 0.3 is 5.97 Å². The number of hydrogen-bond acceptors (Lipinski definition) is 7. The second-order valence-corrected chi connectivity index (χ2v) is 8.81. The molecule has 0 fully saturated rings. The van der Waals surface area contributed by atoms with Crippen molar-refractivity contribution in [2.24, 2.45) is 4.99 Å². The summed E-state index contributed by atoms with van der Waals surface area (Å²) in [5.41, 5.74) is 3.21. The van der Waals surface area contributed by atoms with Crippen LogP contribution in [-0.4, -0.2) is 31.4 Å². The summed E-state index contributed by atoms with van der Waals surface area (Å²) in [5.74, 6) is 0.926. The highest BCUT2D eigenvalue weighted by molar-refractivity contribution is 7.07. The standard InChI is InChI=1S/C26H26N2O5S/c1-6-33-25(30)22-16(3)27-26-28(23(22)18-10-7-15(2)20(14-18)32-5)24(29)21(34-26)13-17-8-11-19(31-4)12-9-17/h7-14,23H,6H2,1-5H3/t23-/m1/s1. The van der Waals surface area contributed by atoms with Gasteiger partial charge < -0.3 is 14.2 Å². The molecule has 2 aromatic carbocycles. The monoisotopic (exact) mass is 478 g/mol. The highest BCUT2D eigenvalue weighted by Gasteiger charge is 2.33. The number of hydrogen-bond donors (Lipinski definition) is 0. The van der Waals surface area contributed by atoms with Crippen molar-refractivity contribution in [3.8, 4) is 11.5 Å². The molecule has 1 atom stereocenters. The van der Waals surface area contributed by atoms with E-state index in [-0.39, 0.29) is 12.2 Å². The number of benzene rings is 2. The zero-order valence-corrected chi connectivity index (χ0v) is 20.6. The van der Waals surface area contributed by atoms with Crippen molar-refractivity contribution >= 4 is 23.4 Å². The fourth-order valence-corrected chi connectivity index (χ4v) is 5.01. The predicted molar refractivity (Wildman–Crippen MR) is 131 cm³/mol. The van der Waals surface area contributed by atoms with E-state index in [2.05, 4.69) is 4.99 Å². The van der Waals surface area contributed by atoms with E-state index in [1.165, 1.54) is 11.3 Å². The van der Waals surface area contributed by atoms with Crippen LogP contribution in [0.25, 0.3) is 6.08 Å². The van der Waals surface area contributed by atoms with E-state index in [1.54, 1.807) is 32.6 Å². The van der Waals surface area contributed by atoms with Gasteiger partial charge in [-0.25, -0.2) is 9.79 Å². The Morgan fingerprint density at radius 1 is 1.12 bits per heavy atom. The molecule has 176 valence electrons. The van der Waals surface area contributed by atoms with Gasteiger partial charge in [-0.3, -0.25) is 9.36 Å². The lowest BCUT2D eigenvalue weighted by molar-refractivity contribution is -0.139. The molecule has 34 heavy (non-hydrogen) atoms. The molecule has 1 aromatic heterocycles. The van der Waals surface area contributed by atoms with Crippen molar-refractivity contribution in [1.29, 1.82) is 0 Å². The van der Waals surface area contributed by atoms with Crippen LogP contribution < -0.4 is 24.4 Å². The van der Waals surface area contributed by atoms with Gasteiger partial charge in [-0.05, 0) is 61.7 Å². The van der Waals surface area contributed by atoms with Gasteiger partial charge in [-0.15, -0.1) is 0 Å². The van der Waals surface area contributed by atoms with Gasteiger partial charge in [0.1, 0.15) is 11.5 Å². The summed E-state index contributed by atoms with van der Waals surface area (Å²) in [5, 5.41) is 0. The van der Waals surface area contributed by atoms with Gasteiger partial charge in [-0.2, -0.15) is 0 Å². The zero-order valence-electron chi connectivity index (χ0n) is 19.7. The summed E-state index contributed by atoms with van der Waals surface area (Å²) in [4.78, 5) is 31.8. The van der Waals surface area contributed by atoms with Crippen LogP contribution in [0.15, 0.2) is 63.5 Å². The van der Waals surface area contributed by atoms with Crippen LogP contribution >= 0.6 is 11.3 Å². The molecule has 0 saturated carbocycles. The van der Waals surface area contributed by atoms with Crippen molar-refractivity contribution in [3.63, 3.8) is 0 Å². The summed E-state index contributed by atoms with van der Waals surface area (Å²) >= 11 is 1.29. The van der Waals surface area contributed by atoms with Crippen LogP contribution in [0.2, 0.25) is 0 Å². The highest BCUT2D eigenvalue weighted by atomic mass is 32.1. The maximum Gasteiger partial charge on any atom is 0.338 e. The van der Waals surface area contributed by atoms with Crippen LogP contribution in [-0.2, 0) is 9.53 Å². The molecule has 2 heterocycles. The minimum Gasteiger partial charge on any atom is -0.497 e. The van der Waals surface area contributed by atoms with Gasteiger partial charge in [0.15, 0.2) is 4.80 Å². The molecule has 4 rings (SSSR count). The molecule has 0 N–H and O–H groups in total. The molecule has 7 nitrogen and oxygen atoms in total. The lowest BCUT2D eigenvalue weighted by atomic mass is 9.95. The largest absolute Gasteiger partial charge is 0.497 e. The van der Waals surface area contributed by atoms with Crippen LogP contribution in [0.1, 0.15) is 36.6 Å². The molecule has 3 aromatic rings. The number of aryl methyl sites for hydroxylation is 1. The van der Waals surface area contributed by atoms with Gasteiger partial charge in [-0.1, -0.05) is 35.6 Å². The molecule has 0 spiro atoms. The third-order valence-corrected chi connectivity index (χ3v) is 6.66. The summed E-state index contributed by atoms with van der Waals surface area (Å²) in [7, 11) is 3.20. The molecule has 0 unspecified atom stereocenters. The number of fused-ring (bicyclic) bond motifs is 1. The summed E-state index contributed by atoms with van der Waals surface area (Å²) < 4.78 is 18.2. The minimum absolute atomic E-state index is 0.224. The first-order valence-electron chi connectivity index (χ1n) is 10.9. The predicted octanol–water partition coefficient (Wildman–Crippen LogP) is 3.12. The van der Waals surface area contributed by atoms with E-state index >= 15 is 0 Å². The summed E-state index contributed by atoms with van der Waals surface area (Å²) in [6, 6.07) is 12.5. The first kappa shape index (κ1) is 23.5. The normalized spacial score (nSPS) is 15.6. The van der Waals surface area contributed by atoms with Crippen molar-refractivity contribution in [1.82, 2.24) is 4.57 Å². The topological polar surface area (TPSA) is 79.1 Å². The summed E-state index contributed by atoms with van der Waals surface area (Å²) in [6.45, 7) is 5.69. The molecular weight excluding hydrogens is 452 g/mol. The fourth-order valence-electron chi connectivity index (χ4n) is 3.97. The van der Waals surface area contributed by atoms with Gasteiger partial charge in [0.2, 0.25) is 0 Å². The van der Waals surface area contributed by atoms with E-state index in [1.807, 2.05) is 55.5 Å². The van der Waals surface area contributed by atoms with Crippen LogP contribution in [0.4, 0.5) is 0 Å². The highest BCUT2D eigenvalue weighted by Crippen LogP contribution is 2.33. The molecule has 0 amide bonds. The average Bonchev–Trinajstić information content (AvgIpc) is 3.13. The number of ether oxygens (including phenoxy) is 3. The maximum absolute atomic E-state index is 13.6. The SMILES string of the molecule is CCOC(=O)C1=C(C)N=c2sc(=Cc3ccc(OC)cc3)c(=O)n2[C@@H]1c1ccc(C)c(OC)c1. The Balaban J connectivity index is 1.94. The Kier molecular flexibility index (Phi) is 6.70. The van der Waals surface area contributed by atoms with Crippen LogP contribution in [0.3, 0.4) is 0 Å². The van der Waals surface area contributed by atoms with E-state index < -0.39 is 12.0 Å².